The zero-order valence-electron chi connectivity index (χ0n) is 10.7. The maximum absolute atomic E-state index is 12.2. The van der Waals surface area contributed by atoms with Gasteiger partial charge >= 0.3 is 0 Å². The molecule has 0 spiro atoms. The fourth-order valence-corrected chi connectivity index (χ4v) is 3.08. The Morgan fingerprint density at radius 2 is 2.21 bits per heavy atom. The minimum Gasteiger partial charge on any atom is -0.495 e. The van der Waals surface area contributed by atoms with Gasteiger partial charge in [0.15, 0.2) is 0 Å². The highest BCUT2D eigenvalue weighted by Gasteiger charge is 2.31. The van der Waals surface area contributed by atoms with Crippen molar-refractivity contribution in [1.29, 1.82) is 0 Å². The van der Waals surface area contributed by atoms with Crippen LogP contribution in [0.5, 0.6) is 5.75 Å². The number of aliphatic hydroxyl groups is 1. The molecule has 7 heteroatoms. The van der Waals surface area contributed by atoms with Crippen molar-refractivity contribution >= 4 is 15.7 Å². The van der Waals surface area contributed by atoms with Crippen molar-refractivity contribution in [2.75, 3.05) is 19.4 Å². The highest BCUT2D eigenvalue weighted by molar-refractivity contribution is 7.89. The third-order valence-electron chi connectivity index (χ3n) is 3.13. The monoisotopic (exact) mass is 286 g/mol. The highest BCUT2D eigenvalue weighted by atomic mass is 32.2. The normalized spacial score (nSPS) is 17.2. The van der Waals surface area contributed by atoms with E-state index in [1.54, 1.807) is 6.07 Å². The number of hydrogen-bond donors (Lipinski definition) is 3. The number of nitrogens with two attached hydrogens (primary N) is 1. The summed E-state index contributed by atoms with van der Waals surface area (Å²) in [7, 11) is -2.35. The first-order valence-electron chi connectivity index (χ1n) is 6.05. The molecule has 0 amide bonds. The summed E-state index contributed by atoms with van der Waals surface area (Å²) in [5.41, 5.74) is 5.93. The minimum atomic E-state index is -3.74. The summed E-state index contributed by atoms with van der Waals surface area (Å²) in [5, 5.41) is 9.70. The molecule has 6 nitrogen and oxygen atoms in total. The maximum atomic E-state index is 12.2. The van der Waals surface area contributed by atoms with Crippen molar-refractivity contribution < 1.29 is 18.3 Å². The summed E-state index contributed by atoms with van der Waals surface area (Å²) in [6, 6.07) is 4.41. The number of anilines is 1. The van der Waals surface area contributed by atoms with Crippen LogP contribution in [-0.4, -0.2) is 33.3 Å². The first kappa shape index (κ1) is 14.1. The predicted molar refractivity (Wildman–Crippen MR) is 71.3 cm³/mol. The van der Waals surface area contributed by atoms with E-state index in [9.17, 15) is 13.5 Å². The van der Waals surface area contributed by atoms with Gasteiger partial charge in [-0.25, -0.2) is 13.1 Å². The average Bonchev–Trinajstić information content (AvgIpc) is 3.20. The molecule has 1 aromatic rings. The SMILES string of the molecule is COc1ccc(N)cc1S(=O)(=O)NCC(O)C1CC1. The van der Waals surface area contributed by atoms with Crippen LogP contribution >= 0.6 is 0 Å². The molecule has 0 aliphatic heterocycles. The number of ether oxygens (including phenoxy) is 1. The highest BCUT2D eigenvalue weighted by Crippen LogP contribution is 2.32. The zero-order valence-corrected chi connectivity index (χ0v) is 11.5. The summed E-state index contributed by atoms with van der Waals surface area (Å²) in [6.45, 7) is 0.00491. The van der Waals surface area contributed by atoms with Crippen molar-refractivity contribution in [2.45, 2.75) is 23.8 Å². The minimum absolute atomic E-state index is 0.00491. The standard InChI is InChI=1S/C12H18N2O4S/c1-18-11-5-4-9(13)6-12(11)19(16,17)14-7-10(15)8-2-3-8/h4-6,8,10,14-15H,2-3,7,13H2,1H3. The van der Waals surface area contributed by atoms with E-state index in [2.05, 4.69) is 4.72 Å². The second-order valence-corrected chi connectivity index (χ2v) is 6.40. The molecule has 19 heavy (non-hydrogen) atoms. The van der Waals surface area contributed by atoms with Gasteiger partial charge in [-0.2, -0.15) is 0 Å². The molecule has 1 aromatic carbocycles. The number of rotatable bonds is 6. The molecule has 4 N–H and O–H groups in total. The molecule has 1 unspecified atom stereocenters. The van der Waals surface area contributed by atoms with E-state index < -0.39 is 16.1 Å². The van der Waals surface area contributed by atoms with E-state index >= 15 is 0 Å². The molecule has 1 fully saturated rings. The van der Waals surface area contributed by atoms with Crippen molar-refractivity contribution in [1.82, 2.24) is 4.72 Å². The smallest absolute Gasteiger partial charge is 0.244 e. The Morgan fingerprint density at radius 1 is 1.53 bits per heavy atom. The number of aliphatic hydroxyl groups excluding tert-OH is 1. The Morgan fingerprint density at radius 3 is 2.79 bits per heavy atom. The van der Waals surface area contributed by atoms with Crippen molar-refractivity contribution in [3.05, 3.63) is 18.2 Å². The Labute approximate surface area is 112 Å². The van der Waals surface area contributed by atoms with Gasteiger partial charge in [0.1, 0.15) is 10.6 Å². The molecule has 106 valence electrons. The van der Waals surface area contributed by atoms with E-state index in [1.807, 2.05) is 0 Å². The van der Waals surface area contributed by atoms with Gasteiger partial charge in [0, 0.05) is 12.2 Å². The molecule has 1 aliphatic rings. The summed E-state index contributed by atoms with van der Waals surface area (Å²) in [5.74, 6) is 0.438. The summed E-state index contributed by atoms with van der Waals surface area (Å²) in [4.78, 5) is -0.0157. The number of nitrogens with one attached hydrogen (secondary N) is 1. The van der Waals surface area contributed by atoms with Gasteiger partial charge in [-0.3, -0.25) is 0 Å². The van der Waals surface area contributed by atoms with E-state index in [-0.39, 0.29) is 23.1 Å². The third kappa shape index (κ3) is 3.37. The predicted octanol–water partition coefficient (Wildman–Crippen LogP) is 0.327. The lowest BCUT2D eigenvalue weighted by molar-refractivity contribution is 0.155. The Hall–Kier alpha value is -1.31. The fourth-order valence-electron chi connectivity index (χ4n) is 1.82. The van der Waals surface area contributed by atoms with Gasteiger partial charge in [-0.1, -0.05) is 0 Å². The van der Waals surface area contributed by atoms with Gasteiger partial charge in [0.05, 0.1) is 13.2 Å². The van der Waals surface area contributed by atoms with Gasteiger partial charge in [0.2, 0.25) is 10.0 Å². The largest absolute Gasteiger partial charge is 0.495 e. The molecule has 0 saturated heterocycles. The molecule has 2 rings (SSSR count). The summed E-state index contributed by atoms with van der Waals surface area (Å²) >= 11 is 0. The van der Waals surface area contributed by atoms with E-state index in [0.29, 0.717) is 5.69 Å². The van der Waals surface area contributed by atoms with Crippen LogP contribution < -0.4 is 15.2 Å². The lowest BCUT2D eigenvalue weighted by Gasteiger charge is -2.13. The molecular formula is C12H18N2O4S. The lowest BCUT2D eigenvalue weighted by atomic mass is 10.2. The van der Waals surface area contributed by atoms with E-state index in [0.717, 1.165) is 12.8 Å². The molecule has 1 aliphatic carbocycles. The molecule has 0 heterocycles. The number of sulfonamides is 1. The number of nitrogen functional groups attached to an aromatic ring is 1. The molecule has 1 atom stereocenters. The van der Waals surface area contributed by atoms with Crippen LogP contribution in [0.3, 0.4) is 0 Å². The Bertz CT molecular complexity index is 555. The van der Waals surface area contributed by atoms with E-state index in [4.69, 9.17) is 10.5 Å². The average molecular weight is 286 g/mol. The third-order valence-corrected chi connectivity index (χ3v) is 4.57. The number of benzene rings is 1. The van der Waals surface area contributed by atoms with Gasteiger partial charge in [0.25, 0.3) is 0 Å². The van der Waals surface area contributed by atoms with Crippen LogP contribution in [0, 0.1) is 5.92 Å². The van der Waals surface area contributed by atoms with Crippen molar-refractivity contribution in [3.63, 3.8) is 0 Å². The molecule has 0 bridgehead atoms. The van der Waals surface area contributed by atoms with Crippen LogP contribution in [-0.2, 0) is 10.0 Å². The summed E-state index contributed by atoms with van der Waals surface area (Å²) in [6.07, 6.45) is 1.26. The maximum Gasteiger partial charge on any atom is 0.244 e. The van der Waals surface area contributed by atoms with Crippen LogP contribution in [0.15, 0.2) is 23.1 Å². The number of hydrogen-bond acceptors (Lipinski definition) is 5. The summed E-state index contributed by atoms with van der Waals surface area (Å²) < 4.78 is 31.7. The van der Waals surface area contributed by atoms with Gasteiger partial charge in [-0.05, 0) is 37.0 Å². The zero-order chi connectivity index (χ0) is 14.0. The van der Waals surface area contributed by atoms with Crippen LogP contribution in [0.4, 0.5) is 5.69 Å². The molecule has 0 aromatic heterocycles. The van der Waals surface area contributed by atoms with Gasteiger partial charge < -0.3 is 15.6 Å². The van der Waals surface area contributed by atoms with Crippen LogP contribution in [0.2, 0.25) is 0 Å². The van der Waals surface area contributed by atoms with Crippen LogP contribution in [0.25, 0.3) is 0 Å². The molecular weight excluding hydrogens is 268 g/mol. The van der Waals surface area contributed by atoms with Crippen molar-refractivity contribution in [2.24, 2.45) is 5.92 Å². The topological polar surface area (TPSA) is 102 Å². The van der Waals surface area contributed by atoms with Crippen molar-refractivity contribution in [3.8, 4) is 5.75 Å². The lowest BCUT2D eigenvalue weighted by Crippen LogP contribution is -2.33. The van der Waals surface area contributed by atoms with Gasteiger partial charge in [-0.15, -0.1) is 0 Å². The first-order valence-corrected chi connectivity index (χ1v) is 7.53. The van der Waals surface area contributed by atoms with E-state index in [1.165, 1.54) is 19.2 Å². The second-order valence-electron chi connectivity index (χ2n) is 4.67. The Balaban J connectivity index is 2.15. The first-order chi connectivity index (χ1) is 8.94. The second kappa shape index (κ2) is 5.36. The molecule has 1 saturated carbocycles. The van der Waals surface area contributed by atoms with Crippen LogP contribution in [0.1, 0.15) is 12.8 Å². The quantitative estimate of drug-likeness (QED) is 0.654. The molecule has 0 radical (unpaired) electrons. The number of methoxy groups -OCH3 is 1. The Kier molecular flexibility index (Phi) is 3.98. The fraction of sp³-hybridized carbons (Fsp3) is 0.500.